The Labute approximate surface area is 244 Å². The lowest BCUT2D eigenvalue weighted by molar-refractivity contribution is -0.147. The number of aliphatic hydroxyl groups is 1. The average Bonchev–Trinajstić information content (AvgIpc) is 3.56. The molecule has 2 bridgehead atoms. The molecule has 1 aromatic carbocycles. The van der Waals surface area contributed by atoms with Crippen molar-refractivity contribution in [3.8, 4) is 0 Å². The number of nitrogens with zero attached hydrogens (tertiary/aromatic N) is 2. The molecule has 0 saturated carbocycles. The molecule has 40 heavy (non-hydrogen) atoms. The molecular formula is C29H41BrN4O6. The van der Waals surface area contributed by atoms with Gasteiger partial charge in [0.2, 0.25) is 17.7 Å². The van der Waals surface area contributed by atoms with E-state index in [0.717, 1.165) is 25.1 Å². The van der Waals surface area contributed by atoms with Crippen molar-refractivity contribution in [3.63, 3.8) is 0 Å². The first-order valence-corrected chi connectivity index (χ1v) is 15.4. The van der Waals surface area contributed by atoms with Gasteiger partial charge in [0.15, 0.2) is 0 Å². The maximum Gasteiger partial charge on any atom is 0.245 e. The molecule has 1 spiro atoms. The fourth-order valence-electron chi connectivity index (χ4n) is 7.00. The van der Waals surface area contributed by atoms with E-state index in [1.807, 2.05) is 44.2 Å². The Morgan fingerprint density at radius 2 is 1.90 bits per heavy atom. The maximum absolute atomic E-state index is 14.3. The quantitative estimate of drug-likeness (QED) is 0.315. The van der Waals surface area contributed by atoms with Crippen LogP contribution in [0.4, 0.5) is 0 Å². The fourth-order valence-corrected chi connectivity index (χ4v) is 7.94. The maximum atomic E-state index is 14.3. The van der Waals surface area contributed by atoms with E-state index in [0.29, 0.717) is 39.3 Å². The van der Waals surface area contributed by atoms with Crippen molar-refractivity contribution in [2.75, 3.05) is 46.0 Å². The van der Waals surface area contributed by atoms with E-state index >= 15 is 0 Å². The van der Waals surface area contributed by atoms with Gasteiger partial charge in [-0.05, 0) is 17.9 Å². The monoisotopic (exact) mass is 620 g/mol. The van der Waals surface area contributed by atoms with Crippen LogP contribution in [0.5, 0.6) is 0 Å². The number of alkyl halides is 1. The predicted octanol–water partition coefficient (Wildman–Crippen LogP) is 0.906. The van der Waals surface area contributed by atoms with Gasteiger partial charge < -0.3 is 30.1 Å². The number of hydrogen-bond donors (Lipinski definition) is 3. The molecule has 5 rings (SSSR count). The normalized spacial score (nSPS) is 33.0. The third kappa shape index (κ3) is 5.31. The average molecular weight is 622 g/mol. The highest BCUT2D eigenvalue weighted by molar-refractivity contribution is 9.09. The van der Waals surface area contributed by atoms with Crippen LogP contribution < -0.4 is 10.6 Å². The molecule has 0 aromatic heterocycles. The first-order valence-electron chi connectivity index (χ1n) is 14.5. The van der Waals surface area contributed by atoms with E-state index in [9.17, 15) is 19.5 Å². The summed E-state index contributed by atoms with van der Waals surface area (Å²) in [7, 11) is 0. The van der Waals surface area contributed by atoms with Gasteiger partial charge in [-0.2, -0.15) is 0 Å². The van der Waals surface area contributed by atoms with E-state index in [4.69, 9.17) is 9.47 Å². The summed E-state index contributed by atoms with van der Waals surface area (Å²) in [4.78, 5) is 45.5. The van der Waals surface area contributed by atoms with E-state index < -0.39 is 35.6 Å². The van der Waals surface area contributed by atoms with Crippen LogP contribution in [0.3, 0.4) is 0 Å². The molecule has 1 aromatic rings. The van der Waals surface area contributed by atoms with Gasteiger partial charge in [-0.1, -0.05) is 66.5 Å². The summed E-state index contributed by atoms with van der Waals surface area (Å²) in [5.74, 6) is -2.41. The molecule has 4 aliphatic rings. The summed E-state index contributed by atoms with van der Waals surface area (Å²) in [6.07, 6.45) is 0.642. The molecule has 4 aliphatic heterocycles. The summed E-state index contributed by atoms with van der Waals surface area (Å²) in [5.41, 5.74) is -0.187. The van der Waals surface area contributed by atoms with Crippen LogP contribution in [0.15, 0.2) is 30.3 Å². The number of fused-ring (bicyclic) bond motifs is 1. The van der Waals surface area contributed by atoms with Crippen LogP contribution in [0.1, 0.15) is 32.3 Å². The number of benzene rings is 1. The fraction of sp³-hybridized carbons (Fsp3) is 0.690. The van der Waals surface area contributed by atoms with Crippen molar-refractivity contribution in [3.05, 3.63) is 35.9 Å². The van der Waals surface area contributed by atoms with Gasteiger partial charge in [-0.15, -0.1) is 0 Å². The molecule has 11 heteroatoms. The number of morpholine rings is 1. The molecular weight excluding hydrogens is 580 g/mol. The summed E-state index contributed by atoms with van der Waals surface area (Å²) < 4.78 is 12.0. The lowest BCUT2D eigenvalue weighted by atomic mass is 9.70. The number of amides is 3. The number of nitrogens with one attached hydrogen (secondary N) is 2. The first kappa shape index (κ1) is 29.4. The van der Waals surface area contributed by atoms with Crippen molar-refractivity contribution < 1.29 is 29.0 Å². The van der Waals surface area contributed by atoms with Crippen molar-refractivity contribution in [2.24, 2.45) is 17.8 Å². The minimum atomic E-state index is -1.14. The standard InChI is InChI=1S/C29H41BrN4O6/c1-3-18(2)21(17-35)34-25(27(37)31-9-10-33-11-13-39-14-12-33)29-15-20(30)24(40-29)22(23(29)28(34)38)26(36)32-16-19-7-5-4-6-8-19/h4-8,18,20-25,35H,3,9-17H2,1-2H3,(H,31,37)(H,32,36)/t18-,20?,21-,22-,23-,24-,25?,29?/m0/s1. The van der Waals surface area contributed by atoms with Crippen molar-refractivity contribution in [1.29, 1.82) is 0 Å². The Kier molecular flexibility index (Phi) is 9.16. The second-order valence-corrected chi connectivity index (χ2v) is 12.7. The largest absolute Gasteiger partial charge is 0.394 e. The Morgan fingerprint density at radius 3 is 2.58 bits per heavy atom. The third-order valence-corrected chi connectivity index (χ3v) is 10.1. The summed E-state index contributed by atoms with van der Waals surface area (Å²) in [5, 5.41) is 16.5. The summed E-state index contributed by atoms with van der Waals surface area (Å²) in [6.45, 7) is 8.11. The number of ether oxygens (including phenoxy) is 2. The number of carbonyl (C=O) groups is 3. The van der Waals surface area contributed by atoms with Gasteiger partial charge in [0.25, 0.3) is 0 Å². The first-order chi connectivity index (χ1) is 19.3. The molecule has 0 aliphatic carbocycles. The van der Waals surface area contributed by atoms with Gasteiger partial charge in [-0.3, -0.25) is 19.3 Å². The predicted molar refractivity (Wildman–Crippen MR) is 151 cm³/mol. The van der Waals surface area contributed by atoms with Gasteiger partial charge in [-0.25, -0.2) is 0 Å². The van der Waals surface area contributed by atoms with Gasteiger partial charge in [0.1, 0.15) is 11.6 Å². The lowest BCUT2D eigenvalue weighted by Gasteiger charge is -2.39. The number of aliphatic hydroxyl groups excluding tert-OH is 1. The van der Waals surface area contributed by atoms with Gasteiger partial charge in [0.05, 0.1) is 43.8 Å². The van der Waals surface area contributed by atoms with Crippen LogP contribution in [-0.4, -0.2) is 107 Å². The van der Waals surface area contributed by atoms with Crippen LogP contribution in [0.25, 0.3) is 0 Å². The third-order valence-electron chi connectivity index (χ3n) is 9.26. The van der Waals surface area contributed by atoms with E-state index in [1.165, 1.54) is 0 Å². The zero-order valence-corrected chi connectivity index (χ0v) is 24.8. The number of likely N-dealkylation sites (tertiary alicyclic amines) is 1. The molecule has 3 unspecified atom stereocenters. The molecule has 8 atom stereocenters. The second kappa shape index (κ2) is 12.4. The molecule has 0 radical (unpaired) electrons. The minimum absolute atomic E-state index is 0.0462. The van der Waals surface area contributed by atoms with Crippen molar-refractivity contribution in [2.45, 2.75) is 61.8 Å². The molecule has 3 N–H and O–H groups in total. The van der Waals surface area contributed by atoms with Crippen LogP contribution in [0, 0.1) is 17.8 Å². The summed E-state index contributed by atoms with van der Waals surface area (Å²) in [6, 6.07) is 8.12. The Morgan fingerprint density at radius 1 is 1.18 bits per heavy atom. The van der Waals surface area contributed by atoms with Crippen LogP contribution >= 0.6 is 15.9 Å². The molecule has 4 saturated heterocycles. The number of carbonyl (C=O) groups excluding carboxylic acids is 3. The zero-order chi connectivity index (χ0) is 28.4. The topological polar surface area (TPSA) is 120 Å². The second-order valence-electron chi connectivity index (χ2n) is 11.5. The van der Waals surface area contributed by atoms with E-state index in [2.05, 4.69) is 31.5 Å². The molecule has 3 amide bonds. The Bertz CT molecular complexity index is 1070. The lowest BCUT2D eigenvalue weighted by Crippen LogP contribution is -2.59. The molecule has 4 fully saturated rings. The van der Waals surface area contributed by atoms with Crippen molar-refractivity contribution in [1.82, 2.24) is 20.4 Å². The van der Waals surface area contributed by atoms with Crippen LogP contribution in [-0.2, 0) is 30.4 Å². The minimum Gasteiger partial charge on any atom is -0.394 e. The van der Waals surface area contributed by atoms with Crippen molar-refractivity contribution >= 4 is 33.7 Å². The Hall–Kier alpha value is -2.05. The highest BCUT2D eigenvalue weighted by Gasteiger charge is 2.77. The highest BCUT2D eigenvalue weighted by atomic mass is 79.9. The zero-order valence-electron chi connectivity index (χ0n) is 23.3. The van der Waals surface area contributed by atoms with E-state index in [1.54, 1.807) is 4.90 Å². The Balaban J connectivity index is 1.41. The highest BCUT2D eigenvalue weighted by Crippen LogP contribution is 2.60. The number of halogens is 1. The molecule has 4 heterocycles. The van der Waals surface area contributed by atoms with Crippen LogP contribution in [0.2, 0.25) is 0 Å². The molecule has 220 valence electrons. The number of rotatable bonds is 11. The van der Waals surface area contributed by atoms with Gasteiger partial charge >= 0.3 is 0 Å². The smallest absolute Gasteiger partial charge is 0.245 e. The SMILES string of the molecule is CC[C@H](C)[C@H](CO)N1C(=O)[C@@H]2[C@H](C(=O)NCc3ccccc3)[C@H]3OC2(CC3Br)C1C(=O)NCCN1CCOCC1. The number of hydrogen-bond acceptors (Lipinski definition) is 7. The van der Waals surface area contributed by atoms with Gasteiger partial charge in [0, 0.05) is 37.6 Å². The van der Waals surface area contributed by atoms with E-state index in [-0.39, 0.29) is 35.1 Å². The molecule has 10 nitrogen and oxygen atoms in total. The summed E-state index contributed by atoms with van der Waals surface area (Å²) >= 11 is 3.71.